The van der Waals surface area contributed by atoms with Gasteiger partial charge in [-0.2, -0.15) is 12.7 Å². The van der Waals surface area contributed by atoms with Gasteiger partial charge in [0.2, 0.25) is 0 Å². The molecule has 0 bridgehead atoms. The van der Waals surface area contributed by atoms with Gasteiger partial charge in [-0.25, -0.2) is 4.79 Å². The Balaban J connectivity index is 2.20. The van der Waals surface area contributed by atoms with E-state index in [0.717, 1.165) is 12.8 Å². The predicted molar refractivity (Wildman–Crippen MR) is 83.6 cm³/mol. The average Bonchev–Trinajstić information content (AvgIpc) is 2.41. The summed E-state index contributed by atoms with van der Waals surface area (Å²) in [4.78, 5) is 11.0. The quantitative estimate of drug-likeness (QED) is 0.844. The normalized spacial score (nSPS) is 17.6. The minimum absolute atomic E-state index is 0.0307. The number of halogens is 1. The number of aromatic carboxylic acids is 1. The summed E-state index contributed by atoms with van der Waals surface area (Å²) in [6.07, 6.45) is 1.66. The molecule has 1 saturated heterocycles. The second kappa shape index (κ2) is 6.33. The number of nitrogens with one attached hydrogen (secondary N) is 1. The SMILES string of the molecule is CC1CCN(S(=O)(=O)Nc2cc(C(=O)O)ccc2Br)CC1. The summed E-state index contributed by atoms with van der Waals surface area (Å²) in [5, 5.41) is 8.97. The Kier molecular flexibility index (Phi) is 4.90. The topological polar surface area (TPSA) is 86.7 Å². The Bertz CT molecular complexity index is 640. The molecular formula is C13H17BrN2O4S. The molecule has 0 amide bonds. The lowest BCUT2D eigenvalue weighted by atomic mass is 10.0. The van der Waals surface area contributed by atoms with Gasteiger partial charge in [0, 0.05) is 17.6 Å². The minimum Gasteiger partial charge on any atom is -0.478 e. The van der Waals surface area contributed by atoms with Crippen molar-refractivity contribution in [3.8, 4) is 0 Å². The van der Waals surface area contributed by atoms with E-state index in [-0.39, 0.29) is 11.3 Å². The van der Waals surface area contributed by atoms with Gasteiger partial charge in [0.15, 0.2) is 0 Å². The van der Waals surface area contributed by atoms with Crippen LogP contribution in [0.2, 0.25) is 0 Å². The van der Waals surface area contributed by atoms with Gasteiger partial charge in [-0.15, -0.1) is 0 Å². The number of piperidine rings is 1. The number of carboxylic acid groups (broad SMARTS) is 1. The summed E-state index contributed by atoms with van der Waals surface area (Å²) in [6, 6.07) is 4.23. The number of anilines is 1. The van der Waals surface area contributed by atoms with Crippen molar-refractivity contribution in [2.45, 2.75) is 19.8 Å². The van der Waals surface area contributed by atoms with E-state index in [0.29, 0.717) is 23.5 Å². The molecule has 0 aliphatic carbocycles. The van der Waals surface area contributed by atoms with Crippen LogP contribution in [0.15, 0.2) is 22.7 Å². The molecule has 1 heterocycles. The highest BCUT2D eigenvalue weighted by molar-refractivity contribution is 9.10. The largest absolute Gasteiger partial charge is 0.478 e. The van der Waals surface area contributed by atoms with E-state index in [2.05, 4.69) is 27.6 Å². The molecule has 1 aromatic carbocycles. The number of carbonyl (C=O) groups is 1. The monoisotopic (exact) mass is 376 g/mol. The molecule has 8 heteroatoms. The predicted octanol–water partition coefficient (Wildman–Crippen LogP) is 2.54. The summed E-state index contributed by atoms with van der Waals surface area (Å²) in [5.74, 6) is -0.576. The molecule has 2 N–H and O–H groups in total. The zero-order chi connectivity index (χ0) is 15.6. The van der Waals surface area contributed by atoms with Crippen molar-refractivity contribution in [2.24, 2.45) is 5.92 Å². The smallest absolute Gasteiger partial charge is 0.335 e. The van der Waals surface area contributed by atoms with Crippen LogP contribution in [-0.2, 0) is 10.2 Å². The molecule has 21 heavy (non-hydrogen) atoms. The lowest BCUT2D eigenvalue weighted by Crippen LogP contribution is -2.41. The lowest BCUT2D eigenvalue weighted by molar-refractivity contribution is 0.0697. The fourth-order valence-corrected chi connectivity index (χ4v) is 3.91. The summed E-state index contributed by atoms with van der Waals surface area (Å²) in [5.41, 5.74) is 0.261. The van der Waals surface area contributed by atoms with Crippen molar-refractivity contribution < 1.29 is 18.3 Å². The fourth-order valence-electron chi connectivity index (χ4n) is 2.17. The third-order valence-electron chi connectivity index (χ3n) is 3.53. The van der Waals surface area contributed by atoms with E-state index < -0.39 is 16.2 Å². The van der Waals surface area contributed by atoms with Crippen molar-refractivity contribution in [1.29, 1.82) is 0 Å². The summed E-state index contributed by atoms with van der Waals surface area (Å²) in [6.45, 7) is 3.06. The Morgan fingerprint density at radius 3 is 2.57 bits per heavy atom. The third-order valence-corrected chi connectivity index (χ3v) is 5.75. The van der Waals surface area contributed by atoms with Crippen molar-refractivity contribution in [3.63, 3.8) is 0 Å². The first-order valence-electron chi connectivity index (χ1n) is 6.60. The molecule has 6 nitrogen and oxygen atoms in total. The van der Waals surface area contributed by atoms with Crippen LogP contribution in [0.4, 0.5) is 5.69 Å². The first-order chi connectivity index (χ1) is 9.79. The van der Waals surface area contributed by atoms with Crippen LogP contribution in [0, 0.1) is 5.92 Å². The maximum absolute atomic E-state index is 12.3. The van der Waals surface area contributed by atoms with Gasteiger partial charge in [-0.05, 0) is 52.9 Å². The maximum atomic E-state index is 12.3. The van der Waals surface area contributed by atoms with E-state index >= 15 is 0 Å². The fraction of sp³-hybridized carbons (Fsp3) is 0.462. The third kappa shape index (κ3) is 3.96. The highest BCUT2D eigenvalue weighted by Gasteiger charge is 2.27. The molecule has 1 fully saturated rings. The molecule has 0 saturated carbocycles. The number of nitrogens with zero attached hydrogens (tertiary/aromatic N) is 1. The van der Waals surface area contributed by atoms with Gasteiger partial charge >= 0.3 is 16.2 Å². The van der Waals surface area contributed by atoms with Gasteiger partial charge in [0.05, 0.1) is 11.3 Å². The number of benzene rings is 1. The zero-order valence-corrected chi connectivity index (χ0v) is 13.9. The van der Waals surface area contributed by atoms with Gasteiger partial charge < -0.3 is 5.11 Å². The summed E-state index contributed by atoms with van der Waals surface area (Å²) < 4.78 is 29.0. The van der Waals surface area contributed by atoms with Gasteiger partial charge in [0.1, 0.15) is 0 Å². The molecule has 0 aromatic heterocycles. The minimum atomic E-state index is -3.66. The van der Waals surface area contributed by atoms with E-state index in [1.165, 1.54) is 22.5 Å². The summed E-state index contributed by atoms with van der Waals surface area (Å²) in [7, 11) is -3.66. The van der Waals surface area contributed by atoms with E-state index in [1.807, 2.05) is 0 Å². The first kappa shape index (κ1) is 16.3. The lowest BCUT2D eigenvalue weighted by Gasteiger charge is -2.29. The van der Waals surface area contributed by atoms with Crippen LogP contribution in [-0.4, -0.2) is 36.9 Å². The number of carboxylic acids is 1. The van der Waals surface area contributed by atoms with E-state index in [1.54, 1.807) is 0 Å². The molecule has 0 radical (unpaired) electrons. The molecule has 0 atom stereocenters. The molecule has 1 aromatic rings. The second-order valence-electron chi connectivity index (χ2n) is 5.19. The molecule has 1 aliphatic heterocycles. The van der Waals surface area contributed by atoms with Gasteiger partial charge in [-0.3, -0.25) is 4.72 Å². The molecule has 2 rings (SSSR count). The molecule has 116 valence electrons. The van der Waals surface area contributed by atoms with Crippen LogP contribution in [0.1, 0.15) is 30.1 Å². The molecule has 1 aliphatic rings. The van der Waals surface area contributed by atoms with Crippen LogP contribution in [0.25, 0.3) is 0 Å². The Hall–Kier alpha value is -1.12. The Labute approximate surface area is 132 Å². The van der Waals surface area contributed by atoms with E-state index in [9.17, 15) is 13.2 Å². The van der Waals surface area contributed by atoms with Gasteiger partial charge in [0.25, 0.3) is 0 Å². The van der Waals surface area contributed by atoms with Crippen molar-refractivity contribution in [3.05, 3.63) is 28.2 Å². The van der Waals surface area contributed by atoms with Crippen LogP contribution >= 0.6 is 15.9 Å². The summed E-state index contributed by atoms with van der Waals surface area (Å²) >= 11 is 3.23. The van der Waals surface area contributed by atoms with E-state index in [4.69, 9.17) is 5.11 Å². The Morgan fingerprint density at radius 2 is 2.00 bits per heavy atom. The van der Waals surface area contributed by atoms with Crippen molar-refractivity contribution >= 4 is 37.8 Å². The maximum Gasteiger partial charge on any atom is 0.335 e. The molecule has 0 spiro atoms. The van der Waals surface area contributed by atoms with Crippen LogP contribution in [0.3, 0.4) is 0 Å². The standard InChI is InChI=1S/C13H17BrN2O4S/c1-9-4-6-16(7-5-9)21(19,20)15-12-8-10(13(17)18)2-3-11(12)14/h2-3,8-9,15H,4-7H2,1H3,(H,17,18). The van der Waals surface area contributed by atoms with Crippen LogP contribution < -0.4 is 4.72 Å². The Morgan fingerprint density at radius 1 is 1.38 bits per heavy atom. The van der Waals surface area contributed by atoms with Crippen molar-refractivity contribution in [1.82, 2.24) is 4.31 Å². The highest BCUT2D eigenvalue weighted by Crippen LogP contribution is 2.26. The number of hydrogen-bond acceptors (Lipinski definition) is 3. The number of rotatable bonds is 4. The second-order valence-corrected chi connectivity index (χ2v) is 7.71. The van der Waals surface area contributed by atoms with Gasteiger partial charge in [-0.1, -0.05) is 6.92 Å². The first-order valence-corrected chi connectivity index (χ1v) is 8.83. The highest BCUT2D eigenvalue weighted by atomic mass is 79.9. The molecular weight excluding hydrogens is 360 g/mol. The average molecular weight is 377 g/mol. The number of hydrogen-bond donors (Lipinski definition) is 2. The zero-order valence-electron chi connectivity index (χ0n) is 11.5. The molecule has 0 unspecified atom stereocenters. The van der Waals surface area contributed by atoms with Crippen molar-refractivity contribution in [2.75, 3.05) is 17.8 Å². The van der Waals surface area contributed by atoms with Crippen LogP contribution in [0.5, 0.6) is 0 Å².